The van der Waals surface area contributed by atoms with Crippen LogP contribution in [0.3, 0.4) is 0 Å². The van der Waals surface area contributed by atoms with Crippen molar-refractivity contribution in [2.45, 2.75) is 13.5 Å². The fourth-order valence-corrected chi connectivity index (χ4v) is 2.38. The van der Waals surface area contributed by atoms with Gasteiger partial charge in [0, 0.05) is 17.3 Å². The molecule has 0 bridgehead atoms. The molecule has 0 saturated carbocycles. The first-order chi connectivity index (χ1) is 12.1. The Kier molecular flexibility index (Phi) is 5.26. The van der Waals surface area contributed by atoms with Gasteiger partial charge in [0.2, 0.25) is 0 Å². The summed E-state index contributed by atoms with van der Waals surface area (Å²) in [6.45, 7) is 2.39. The number of aromatic nitrogens is 2. The van der Waals surface area contributed by atoms with Crippen molar-refractivity contribution in [2.24, 2.45) is 0 Å². The number of hydrogen-bond donors (Lipinski definition) is 2. The summed E-state index contributed by atoms with van der Waals surface area (Å²) in [5.74, 6) is 0.279. The average molecular weight is 353 g/mol. The maximum Gasteiger partial charge on any atom is 0.271 e. The van der Waals surface area contributed by atoms with Crippen molar-refractivity contribution in [3.05, 3.63) is 82.8 Å². The normalized spacial score (nSPS) is 10.3. The van der Waals surface area contributed by atoms with Gasteiger partial charge in [0.1, 0.15) is 11.5 Å². The molecular weight excluding hydrogens is 336 g/mol. The minimum atomic E-state index is -0.263. The summed E-state index contributed by atoms with van der Waals surface area (Å²) >= 11 is 6.10. The van der Waals surface area contributed by atoms with E-state index in [0.29, 0.717) is 17.4 Å². The van der Waals surface area contributed by atoms with Gasteiger partial charge in [-0.25, -0.2) is 9.97 Å². The number of halogens is 1. The van der Waals surface area contributed by atoms with E-state index in [2.05, 4.69) is 20.6 Å². The number of aryl methyl sites for hydroxylation is 1. The van der Waals surface area contributed by atoms with Crippen LogP contribution in [-0.2, 0) is 6.54 Å². The first-order valence-corrected chi connectivity index (χ1v) is 8.17. The van der Waals surface area contributed by atoms with Gasteiger partial charge >= 0.3 is 0 Å². The lowest BCUT2D eigenvalue weighted by Crippen LogP contribution is -2.24. The van der Waals surface area contributed by atoms with E-state index in [1.807, 2.05) is 55.5 Å². The molecule has 5 nitrogen and oxygen atoms in total. The Morgan fingerprint density at radius 2 is 1.88 bits per heavy atom. The highest BCUT2D eigenvalue weighted by atomic mass is 35.5. The summed E-state index contributed by atoms with van der Waals surface area (Å²) in [4.78, 5) is 20.5. The van der Waals surface area contributed by atoms with E-state index in [4.69, 9.17) is 11.6 Å². The topological polar surface area (TPSA) is 66.9 Å². The molecule has 0 fully saturated rings. The number of rotatable bonds is 5. The molecule has 3 rings (SSSR count). The summed E-state index contributed by atoms with van der Waals surface area (Å²) in [6, 6.07) is 15.3. The molecule has 0 unspecified atom stereocenters. The summed E-state index contributed by atoms with van der Waals surface area (Å²) < 4.78 is 0. The number of nitrogens with zero attached hydrogens (tertiary/aromatic N) is 2. The molecule has 25 heavy (non-hydrogen) atoms. The monoisotopic (exact) mass is 352 g/mol. The third-order valence-corrected chi connectivity index (χ3v) is 4.03. The number of carbonyl (C=O) groups excluding carboxylic acids is 1. The molecule has 0 saturated heterocycles. The Balaban J connectivity index is 1.61. The quantitative estimate of drug-likeness (QED) is 0.725. The summed E-state index contributed by atoms with van der Waals surface area (Å²) in [5.41, 5.74) is 3.11. The molecule has 0 aliphatic rings. The minimum absolute atomic E-state index is 0.263. The molecule has 2 aromatic carbocycles. The third kappa shape index (κ3) is 4.55. The van der Waals surface area contributed by atoms with E-state index in [1.165, 1.54) is 12.4 Å². The van der Waals surface area contributed by atoms with Crippen LogP contribution in [0.2, 0.25) is 5.02 Å². The molecule has 0 aliphatic heterocycles. The van der Waals surface area contributed by atoms with Gasteiger partial charge in [0.05, 0.1) is 12.4 Å². The Bertz CT molecular complexity index is 866. The van der Waals surface area contributed by atoms with Crippen LogP contribution in [-0.4, -0.2) is 15.9 Å². The van der Waals surface area contributed by atoms with E-state index < -0.39 is 0 Å². The van der Waals surface area contributed by atoms with Crippen LogP contribution in [0.15, 0.2) is 60.9 Å². The lowest BCUT2D eigenvalue weighted by atomic mass is 10.2. The van der Waals surface area contributed by atoms with Crippen molar-refractivity contribution in [3.8, 4) is 0 Å². The Hall–Kier alpha value is -2.92. The highest BCUT2D eigenvalue weighted by Gasteiger charge is 2.08. The van der Waals surface area contributed by atoms with Crippen LogP contribution in [0.5, 0.6) is 0 Å². The smallest absolute Gasteiger partial charge is 0.271 e. The van der Waals surface area contributed by atoms with Gasteiger partial charge in [0.25, 0.3) is 5.91 Å². The summed E-state index contributed by atoms with van der Waals surface area (Å²) in [7, 11) is 0. The molecule has 126 valence electrons. The van der Waals surface area contributed by atoms with Gasteiger partial charge in [0.15, 0.2) is 0 Å². The predicted octanol–water partition coefficient (Wildman–Crippen LogP) is 4.11. The zero-order valence-electron chi connectivity index (χ0n) is 13.7. The average Bonchev–Trinajstić information content (AvgIpc) is 2.64. The number of anilines is 2. The van der Waals surface area contributed by atoms with Crippen molar-refractivity contribution in [1.82, 2.24) is 15.3 Å². The number of carbonyl (C=O) groups is 1. The molecule has 0 radical (unpaired) electrons. The molecular formula is C19H17ClN4O. The molecule has 0 aliphatic carbocycles. The Labute approximate surface area is 151 Å². The van der Waals surface area contributed by atoms with Crippen molar-refractivity contribution >= 4 is 29.0 Å². The van der Waals surface area contributed by atoms with Crippen LogP contribution in [0.1, 0.15) is 21.6 Å². The van der Waals surface area contributed by atoms with Crippen molar-refractivity contribution < 1.29 is 4.79 Å². The number of hydrogen-bond acceptors (Lipinski definition) is 4. The molecule has 1 heterocycles. The molecule has 1 amide bonds. The van der Waals surface area contributed by atoms with Crippen LogP contribution in [0.4, 0.5) is 11.5 Å². The lowest BCUT2D eigenvalue weighted by molar-refractivity contribution is 0.0945. The van der Waals surface area contributed by atoms with E-state index >= 15 is 0 Å². The van der Waals surface area contributed by atoms with Gasteiger partial charge < -0.3 is 10.6 Å². The maximum atomic E-state index is 12.1. The highest BCUT2D eigenvalue weighted by Crippen LogP contribution is 2.22. The van der Waals surface area contributed by atoms with Gasteiger partial charge in [-0.05, 0) is 30.2 Å². The van der Waals surface area contributed by atoms with Crippen LogP contribution >= 0.6 is 11.6 Å². The first kappa shape index (κ1) is 16.9. The van der Waals surface area contributed by atoms with Crippen molar-refractivity contribution in [2.75, 3.05) is 5.32 Å². The van der Waals surface area contributed by atoms with Crippen molar-refractivity contribution in [3.63, 3.8) is 0 Å². The van der Waals surface area contributed by atoms with E-state index in [0.717, 1.165) is 16.8 Å². The summed E-state index contributed by atoms with van der Waals surface area (Å²) in [6.07, 6.45) is 2.96. The lowest BCUT2D eigenvalue weighted by Gasteiger charge is -2.08. The maximum absolute atomic E-state index is 12.1. The molecule has 2 N–H and O–H groups in total. The van der Waals surface area contributed by atoms with Crippen LogP contribution in [0, 0.1) is 6.92 Å². The fourth-order valence-electron chi connectivity index (χ4n) is 2.20. The Morgan fingerprint density at radius 1 is 1.08 bits per heavy atom. The molecule has 0 atom stereocenters. The first-order valence-electron chi connectivity index (χ1n) is 7.79. The van der Waals surface area contributed by atoms with E-state index in [-0.39, 0.29) is 11.6 Å². The zero-order chi connectivity index (χ0) is 17.6. The zero-order valence-corrected chi connectivity index (χ0v) is 14.4. The van der Waals surface area contributed by atoms with E-state index in [1.54, 1.807) is 0 Å². The largest absolute Gasteiger partial charge is 0.347 e. The number of benzene rings is 2. The standard InChI is InChI=1S/C19H17ClN4O/c1-13-7-8-15(9-16(13)20)24-18-12-21-17(11-22-18)19(25)23-10-14-5-3-2-4-6-14/h2-9,11-12H,10H2,1H3,(H,22,24)(H,23,25). The van der Waals surface area contributed by atoms with Crippen molar-refractivity contribution in [1.29, 1.82) is 0 Å². The van der Waals surface area contributed by atoms with Gasteiger partial charge in [-0.15, -0.1) is 0 Å². The predicted molar refractivity (Wildman–Crippen MR) is 99.1 cm³/mol. The van der Waals surface area contributed by atoms with Crippen LogP contribution in [0.25, 0.3) is 0 Å². The fraction of sp³-hybridized carbons (Fsp3) is 0.105. The molecule has 6 heteroatoms. The molecule has 1 aromatic heterocycles. The van der Waals surface area contributed by atoms with Crippen LogP contribution < -0.4 is 10.6 Å². The van der Waals surface area contributed by atoms with Gasteiger partial charge in [-0.3, -0.25) is 4.79 Å². The minimum Gasteiger partial charge on any atom is -0.347 e. The molecule has 3 aromatic rings. The third-order valence-electron chi connectivity index (χ3n) is 3.62. The second-order valence-electron chi connectivity index (χ2n) is 5.54. The van der Waals surface area contributed by atoms with Gasteiger partial charge in [-0.1, -0.05) is 48.0 Å². The van der Waals surface area contributed by atoms with E-state index in [9.17, 15) is 4.79 Å². The molecule has 0 spiro atoms. The number of nitrogens with one attached hydrogen (secondary N) is 2. The summed E-state index contributed by atoms with van der Waals surface area (Å²) in [5, 5.41) is 6.60. The SMILES string of the molecule is Cc1ccc(Nc2cnc(C(=O)NCc3ccccc3)cn2)cc1Cl. The van der Waals surface area contributed by atoms with Gasteiger partial charge in [-0.2, -0.15) is 0 Å². The highest BCUT2D eigenvalue weighted by molar-refractivity contribution is 6.31. The second kappa shape index (κ2) is 7.77. The second-order valence-corrected chi connectivity index (χ2v) is 5.95. The number of amides is 1. The Morgan fingerprint density at radius 3 is 2.56 bits per heavy atom.